The molecule has 19 heavy (non-hydrogen) atoms. The van der Waals surface area contributed by atoms with Crippen LogP contribution in [0.15, 0.2) is 12.1 Å². The molecule has 0 aliphatic carbocycles. The van der Waals surface area contributed by atoms with Crippen molar-refractivity contribution in [1.82, 2.24) is 0 Å². The van der Waals surface area contributed by atoms with Crippen LogP contribution < -0.4 is 5.32 Å². The van der Waals surface area contributed by atoms with Gasteiger partial charge in [0.2, 0.25) is 5.91 Å². The standard InChI is InChI=1S/C12H13Cl2NO4/c1-6-3-4-8(13)11(10(6)14)15-9(16)5-19-7(2)12(17)18/h3-4,7H,5H2,1-2H3,(H,15,16)(H,17,18)/t7-/m1/s1. The molecule has 104 valence electrons. The SMILES string of the molecule is Cc1ccc(Cl)c(NC(=O)CO[C@H](C)C(=O)O)c1Cl. The molecule has 0 bridgehead atoms. The van der Waals surface area contributed by atoms with E-state index in [2.05, 4.69) is 5.32 Å². The fourth-order valence-electron chi connectivity index (χ4n) is 1.22. The number of anilines is 1. The molecule has 1 atom stereocenters. The van der Waals surface area contributed by atoms with E-state index in [1.165, 1.54) is 6.92 Å². The topological polar surface area (TPSA) is 75.6 Å². The van der Waals surface area contributed by atoms with Gasteiger partial charge in [0, 0.05) is 0 Å². The second-order valence-electron chi connectivity index (χ2n) is 3.89. The smallest absolute Gasteiger partial charge is 0.332 e. The molecule has 1 aromatic rings. The van der Waals surface area contributed by atoms with Crippen LogP contribution in [-0.2, 0) is 14.3 Å². The van der Waals surface area contributed by atoms with Crippen LogP contribution in [0, 0.1) is 6.92 Å². The van der Waals surface area contributed by atoms with Crippen molar-refractivity contribution in [1.29, 1.82) is 0 Å². The van der Waals surface area contributed by atoms with Gasteiger partial charge >= 0.3 is 5.97 Å². The Balaban J connectivity index is 2.68. The van der Waals surface area contributed by atoms with E-state index >= 15 is 0 Å². The Bertz CT molecular complexity index is 505. The van der Waals surface area contributed by atoms with Gasteiger partial charge in [-0.1, -0.05) is 29.3 Å². The Labute approximate surface area is 120 Å². The summed E-state index contributed by atoms with van der Waals surface area (Å²) in [7, 11) is 0. The van der Waals surface area contributed by atoms with Gasteiger partial charge in [-0.2, -0.15) is 0 Å². The average molecular weight is 306 g/mol. The minimum Gasteiger partial charge on any atom is -0.479 e. The quantitative estimate of drug-likeness (QED) is 0.877. The number of hydrogen-bond donors (Lipinski definition) is 2. The Morgan fingerprint density at radius 3 is 2.63 bits per heavy atom. The Morgan fingerprint density at radius 1 is 1.42 bits per heavy atom. The maximum atomic E-state index is 11.6. The van der Waals surface area contributed by atoms with Gasteiger partial charge in [0.05, 0.1) is 15.7 Å². The van der Waals surface area contributed by atoms with Crippen molar-refractivity contribution in [3.05, 3.63) is 27.7 Å². The molecule has 2 N–H and O–H groups in total. The lowest BCUT2D eigenvalue weighted by Gasteiger charge is -2.12. The Hall–Kier alpha value is -1.30. The lowest BCUT2D eigenvalue weighted by Crippen LogP contribution is -2.26. The van der Waals surface area contributed by atoms with E-state index in [4.69, 9.17) is 33.0 Å². The zero-order valence-electron chi connectivity index (χ0n) is 10.4. The fraction of sp³-hybridized carbons (Fsp3) is 0.333. The van der Waals surface area contributed by atoms with Gasteiger partial charge in [-0.25, -0.2) is 4.79 Å². The highest BCUT2D eigenvalue weighted by atomic mass is 35.5. The molecule has 5 nitrogen and oxygen atoms in total. The summed E-state index contributed by atoms with van der Waals surface area (Å²) < 4.78 is 4.85. The number of benzene rings is 1. The van der Waals surface area contributed by atoms with Gasteiger partial charge in [0.25, 0.3) is 0 Å². The largest absolute Gasteiger partial charge is 0.479 e. The number of nitrogens with one attached hydrogen (secondary N) is 1. The summed E-state index contributed by atoms with van der Waals surface area (Å²) in [6.07, 6.45) is -1.06. The van der Waals surface area contributed by atoms with Crippen molar-refractivity contribution in [3.63, 3.8) is 0 Å². The Kier molecular flexibility index (Phi) is 5.60. The lowest BCUT2D eigenvalue weighted by atomic mass is 10.2. The highest BCUT2D eigenvalue weighted by Crippen LogP contribution is 2.32. The van der Waals surface area contributed by atoms with E-state index in [0.29, 0.717) is 15.7 Å². The molecule has 1 rings (SSSR count). The van der Waals surface area contributed by atoms with E-state index in [0.717, 1.165) is 5.56 Å². The van der Waals surface area contributed by atoms with Crippen LogP contribution >= 0.6 is 23.2 Å². The normalized spacial score (nSPS) is 12.0. The van der Waals surface area contributed by atoms with Crippen molar-refractivity contribution in [2.24, 2.45) is 0 Å². The molecular formula is C12H13Cl2NO4. The number of carbonyl (C=O) groups is 2. The summed E-state index contributed by atoms with van der Waals surface area (Å²) in [6, 6.07) is 3.34. The number of carboxylic acids is 1. The minimum absolute atomic E-state index is 0.292. The molecular weight excluding hydrogens is 293 g/mol. The first-order valence-electron chi connectivity index (χ1n) is 5.41. The lowest BCUT2D eigenvalue weighted by molar-refractivity contribution is -0.150. The zero-order chi connectivity index (χ0) is 14.6. The van der Waals surface area contributed by atoms with Crippen molar-refractivity contribution >= 4 is 40.8 Å². The first-order chi connectivity index (χ1) is 8.82. The number of amides is 1. The second kappa shape index (κ2) is 6.75. The highest BCUT2D eigenvalue weighted by molar-refractivity contribution is 6.40. The number of aliphatic carboxylic acids is 1. The third kappa shape index (κ3) is 4.38. The molecule has 1 aromatic carbocycles. The fourth-order valence-corrected chi connectivity index (χ4v) is 1.68. The first kappa shape index (κ1) is 15.8. The molecule has 7 heteroatoms. The highest BCUT2D eigenvalue weighted by Gasteiger charge is 2.15. The number of carbonyl (C=O) groups excluding carboxylic acids is 1. The predicted octanol–water partition coefficient (Wildman–Crippen LogP) is 2.73. The first-order valence-corrected chi connectivity index (χ1v) is 6.17. The molecule has 1 amide bonds. The van der Waals surface area contributed by atoms with Crippen molar-refractivity contribution in [2.45, 2.75) is 20.0 Å². The van der Waals surface area contributed by atoms with Crippen LogP contribution in [0.1, 0.15) is 12.5 Å². The van der Waals surface area contributed by atoms with Gasteiger partial charge in [0.1, 0.15) is 6.61 Å². The van der Waals surface area contributed by atoms with Gasteiger partial charge in [-0.3, -0.25) is 4.79 Å². The van der Waals surface area contributed by atoms with Crippen LogP contribution in [0.4, 0.5) is 5.69 Å². The molecule has 0 radical (unpaired) electrons. The molecule has 0 aliphatic rings. The summed E-state index contributed by atoms with van der Waals surface area (Å²) in [5.41, 5.74) is 1.06. The van der Waals surface area contributed by atoms with E-state index in [9.17, 15) is 9.59 Å². The molecule has 0 spiro atoms. The van der Waals surface area contributed by atoms with Crippen LogP contribution in [0.2, 0.25) is 10.0 Å². The average Bonchev–Trinajstić information content (AvgIpc) is 2.36. The third-order valence-electron chi connectivity index (χ3n) is 2.36. The molecule has 0 heterocycles. The maximum Gasteiger partial charge on any atom is 0.332 e. The van der Waals surface area contributed by atoms with Crippen LogP contribution in [0.25, 0.3) is 0 Å². The number of ether oxygens (including phenoxy) is 1. The summed E-state index contributed by atoms with van der Waals surface area (Å²) in [6.45, 7) is 2.72. The minimum atomic E-state index is -1.14. The molecule has 0 aliphatic heterocycles. The number of halogens is 2. The molecule has 0 saturated heterocycles. The van der Waals surface area contributed by atoms with E-state index in [1.54, 1.807) is 19.1 Å². The number of hydrogen-bond acceptors (Lipinski definition) is 3. The van der Waals surface area contributed by atoms with Gasteiger partial charge in [-0.15, -0.1) is 0 Å². The maximum absolute atomic E-state index is 11.6. The Morgan fingerprint density at radius 2 is 2.05 bits per heavy atom. The number of carboxylic acid groups (broad SMARTS) is 1. The van der Waals surface area contributed by atoms with Gasteiger partial charge < -0.3 is 15.2 Å². The second-order valence-corrected chi connectivity index (χ2v) is 4.68. The van der Waals surface area contributed by atoms with E-state index in [-0.39, 0.29) is 0 Å². The van der Waals surface area contributed by atoms with Gasteiger partial charge in [0.15, 0.2) is 6.10 Å². The van der Waals surface area contributed by atoms with E-state index < -0.39 is 24.6 Å². The summed E-state index contributed by atoms with van der Waals surface area (Å²) in [5.74, 6) is -1.66. The zero-order valence-corrected chi connectivity index (χ0v) is 11.9. The predicted molar refractivity (Wildman–Crippen MR) is 72.9 cm³/mol. The summed E-state index contributed by atoms with van der Waals surface area (Å²) in [4.78, 5) is 22.1. The van der Waals surface area contributed by atoms with E-state index in [1.807, 2.05) is 0 Å². The monoisotopic (exact) mass is 305 g/mol. The van der Waals surface area contributed by atoms with Crippen LogP contribution in [-0.4, -0.2) is 29.7 Å². The molecule has 0 fully saturated rings. The summed E-state index contributed by atoms with van der Waals surface area (Å²) in [5, 5.41) is 11.7. The number of rotatable bonds is 5. The van der Waals surface area contributed by atoms with Crippen molar-refractivity contribution in [3.8, 4) is 0 Å². The summed E-state index contributed by atoms with van der Waals surface area (Å²) >= 11 is 11.9. The molecule has 0 unspecified atom stereocenters. The molecule has 0 saturated carbocycles. The van der Waals surface area contributed by atoms with Crippen molar-refractivity contribution in [2.75, 3.05) is 11.9 Å². The van der Waals surface area contributed by atoms with Crippen LogP contribution in [0.5, 0.6) is 0 Å². The number of aryl methyl sites for hydroxylation is 1. The van der Waals surface area contributed by atoms with Gasteiger partial charge in [-0.05, 0) is 25.5 Å². The van der Waals surface area contributed by atoms with Crippen molar-refractivity contribution < 1.29 is 19.4 Å². The third-order valence-corrected chi connectivity index (χ3v) is 3.16. The molecule has 0 aromatic heterocycles. The van der Waals surface area contributed by atoms with Crippen LogP contribution in [0.3, 0.4) is 0 Å².